The fraction of sp³-hybridized carbons (Fsp3) is 0.688. The van der Waals surface area contributed by atoms with Gasteiger partial charge in [0.1, 0.15) is 12.4 Å². The van der Waals surface area contributed by atoms with Crippen molar-refractivity contribution >= 4 is 23.7 Å². The third-order valence-corrected chi connectivity index (χ3v) is 16.1. The largest absolute Gasteiger partial charge is 0.512 e. The fourth-order valence-corrected chi connectivity index (χ4v) is 13.2. The average Bonchev–Trinajstić information content (AvgIpc) is 3.40. The van der Waals surface area contributed by atoms with Gasteiger partial charge in [0.2, 0.25) is 0 Å². The fourth-order valence-electron chi connectivity index (χ4n) is 13.2. The highest BCUT2D eigenvalue weighted by Gasteiger charge is 2.67. The Hall–Kier alpha value is -3.35. The molecule has 0 amide bonds. The molecule has 0 spiro atoms. The lowest BCUT2D eigenvalue weighted by molar-refractivity contribution is -0.213. The molecule has 0 radical (unpaired) electrons. The number of aliphatic hydroxyl groups is 1. The van der Waals surface area contributed by atoms with Gasteiger partial charge < -0.3 is 9.84 Å². The van der Waals surface area contributed by atoms with Crippen molar-refractivity contribution in [2.45, 2.75) is 140 Å². The number of anilines is 1. The Kier molecular flexibility index (Phi) is 11.6. The molecule has 304 valence electrons. The molecule has 1 aromatic carbocycles. The highest BCUT2D eigenvalue weighted by Crippen LogP contribution is 2.73. The van der Waals surface area contributed by atoms with Crippen LogP contribution in [0.15, 0.2) is 59.5 Å². The van der Waals surface area contributed by atoms with Crippen LogP contribution in [0.2, 0.25) is 0 Å². The number of rotatable bonds is 10. The van der Waals surface area contributed by atoms with Gasteiger partial charge in [0, 0.05) is 42.5 Å². The molecule has 55 heavy (non-hydrogen) atoms. The summed E-state index contributed by atoms with van der Waals surface area (Å²) in [5.41, 5.74) is 4.34. The van der Waals surface area contributed by atoms with Crippen LogP contribution in [0, 0.1) is 63.6 Å². The summed E-state index contributed by atoms with van der Waals surface area (Å²) in [6.45, 7) is 23.6. The van der Waals surface area contributed by atoms with Gasteiger partial charge in [-0.15, -0.1) is 0 Å². The van der Waals surface area contributed by atoms with E-state index in [0.717, 1.165) is 74.6 Å². The second-order valence-corrected chi connectivity index (χ2v) is 20.1. The standard InChI is InChI=1S/C47H68N2O5.CH4/c1-29(2)41-35(52)27-47(38(22-26-50)49(12)48(11)32-15-13-30(3)14-16-32)25-19-34-33(42(41)47)17-18-37-45(34,9)23-20-36-44(7,8)39(21-24-46(36,37)10)54-40(53)28-43(5,6)31(4)51;/h13-16,22,26,29,33-34,36-37,39,51H,4,17-21,23-25,27-28H2,1-3,5-12H3;1H4/b38-22-;. The highest BCUT2D eigenvalue weighted by molar-refractivity contribution is 6.01. The number of ketones is 1. The number of hydrazine groups is 1. The number of esters is 1. The first kappa shape index (κ1) is 42.8. The van der Waals surface area contributed by atoms with Crippen molar-refractivity contribution in [3.8, 4) is 0 Å². The lowest BCUT2D eigenvalue weighted by Gasteiger charge is -2.69. The number of carbonyl (C=O) groups is 3. The molecule has 1 aromatic rings. The van der Waals surface area contributed by atoms with Gasteiger partial charge in [-0.05, 0) is 128 Å². The molecule has 0 bridgehead atoms. The van der Waals surface area contributed by atoms with Crippen LogP contribution >= 0.6 is 0 Å². The van der Waals surface area contributed by atoms with Gasteiger partial charge in [0.25, 0.3) is 0 Å². The van der Waals surface area contributed by atoms with Crippen molar-refractivity contribution in [2.24, 2.45) is 56.7 Å². The molecule has 4 fully saturated rings. The smallest absolute Gasteiger partial charge is 0.307 e. The lowest BCUT2D eigenvalue weighted by Crippen LogP contribution is -2.63. The lowest BCUT2D eigenvalue weighted by atomic mass is 9.36. The van der Waals surface area contributed by atoms with Gasteiger partial charge >= 0.3 is 5.97 Å². The highest BCUT2D eigenvalue weighted by atomic mass is 16.5. The number of allylic oxidation sites excluding steroid dienone is 4. The normalized spacial score (nSPS) is 34.1. The van der Waals surface area contributed by atoms with Crippen molar-refractivity contribution in [3.05, 3.63) is 65.1 Å². The topological polar surface area (TPSA) is 87.2 Å². The summed E-state index contributed by atoms with van der Waals surface area (Å²) in [5.74, 6) is 1.83. The summed E-state index contributed by atoms with van der Waals surface area (Å²) in [6, 6.07) is 8.45. The average molecular weight is 757 g/mol. The van der Waals surface area contributed by atoms with E-state index < -0.39 is 10.8 Å². The van der Waals surface area contributed by atoms with Crippen LogP contribution in [-0.4, -0.2) is 48.4 Å². The molecule has 0 aromatic heterocycles. The number of aliphatic hydroxyl groups excluding tert-OH is 1. The van der Waals surface area contributed by atoms with E-state index in [0.29, 0.717) is 30.1 Å². The molecule has 7 heteroatoms. The first-order valence-electron chi connectivity index (χ1n) is 20.7. The van der Waals surface area contributed by atoms with E-state index >= 15 is 0 Å². The maximum Gasteiger partial charge on any atom is 0.307 e. The van der Waals surface area contributed by atoms with E-state index in [9.17, 15) is 19.5 Å². The van der Waals surface area contributed by atoms with Gasteiger partial charge in [0.05, 0.1) is 17.9 Å². The van der Waals surface area contributed by atoms with Crippen LogP contribution in [0.25, 0.3) is 0 Å². The number of nitrogens with zero attached hydrogens (tertiary/aromatic N) is 2. The maximum atomic E-state index is 14.3. The Morgan fingerprint density at radius 3 is 2.22 bits per heavy atom. The molecule has 7 nitrogen and oxygen atoms in total. The van der Waals surface area contributed by atoms with Crippen molar-refractivity contribution in [3.63, 3.8) is 0 Å². The van der Waals surface area contributed by atoms with Crippen LogP contribution in [0.4, 0.5) is 5.69 Å². The SMILES string of the molecule is C.C=C(O)C(C)(C)CC(=O)OC1CCC2(C)C(CCC3(C)C4CCC5(/C(=C/C=O)N(C)N(C)c6ccc(C)cc6)CC(=O)C(C(C)C)=C5C4CCC32)C1(C)C. The van der Waals surface area contributed by atoms with Crippen LogP contribution in [0.3, 0.4) is 0 Å². The summed E-state index contributed by atoms with van der Waals surface area (Å²) in [5, 5.41) is 14.3. The summed E-state index contributed by atoms with van der Waals surface area (Å²) >= 11 is 0. The van der Waals surface area contributed by atoms with Gasteiger partial charge in [-0.2, -0.15) is 0 Å². The molecule has 8 unspecified atom stereocenters. The number of aldehydes is 1. The molecular weight excluding hydrogens is 685 g/mol. The second-order valence-electron chi connectivity index (χ2n) is 20.1. The van der Waals surface area contributed by atoms with Crippen molar-refractivity contribution in [1.82, 2.24) is 5.01 Å². The summed E-state index contributed by atoms with van der Waals surface area (Å²) in [7, 11) is 4.09. The molecule has 8 atom stereocenters. The molecule has 0 aliphatic heterocycles. The first-order valence-corrected chi connectivity index (χ1v) is 20.7. The Bertz CT molecular complexity index is 1740. The Morgan fingerprint density at radius 1 is 0.982 bits per heavy atom. The van der Waals surface area contributed by atoms with Gasteiger partial charge in [-0.25, -0.2) is 0 Å². The number of hydrogen-bond donors (Lipinski definition) is 1. The predicted molar refractivity (Wildman–Crippen MR) is 223 cm³/mol. The first-order chi connectivity index (χ1) is 25.2. The Labute approximate surface area is 333 Å². The minimum atomic E-state index is -0.724. The van der Waals surface area contributed by atoms with Crippen LogP contribution in [-0.2, 0) is 19.1 Å². The molecule has 5 aliphatic carbocycles. The number of benzene rings is 1. The number of carbonyl (C=O) groups excluding carboxylic acids is 3. The number of hydrogen-bond acceptors (Lipinski definition) is 7. The summed E-state index contributed by atoms with van der Waals surface area (Å²) in [6.07, 6.45) is 11.2. The van der Waals surface area contributed by atoms with E-state index in [2.05, 4.69) is 89.3 Å². The zero-order valence-electron chi connectivity index (χ0n) is 35.2. The maximum absolute atomic E-state index is 14.3. The van der Waals surface area contributed by atoms with Crippen molar-refractivity contribution in [1.29, 1.82) is 0 Å². The van der Waals surface area contributed by atoms with Gasteiger partial charge in [-0.3, -0.25) is 24.4 Å². The van der Waals surface area contributed by atoms with Crippen LogP contribution < -0.4 is 5.01 Å². The minimum Gasteiger partial charge on any atom is -0.512 e. The monoisotopic (exact) mass is 757 g/mol. The van der Waals surface area contributed by atoms with E-state index in [1.165, 1.54) is 11.1 Å². The van der Waals surface area contributed by atoms with Crippen molar-refractivity contribution in [2.75, 3.05) is 19.1 Å². The Morgan fingerprint density at radius 2 is 1.62 bits per heavy atom. The number of aryl methyl sites for hydroxylation is 1. The van der Waals surface area contributed by atoms with Gasteiger partial charge in [-0.1, -0.05) is 87.1 Å². The molecule has 6 rings (SSSR count). The zero-order valence-corrected chi connectivity index (χ0v) is 35.2. The molecule has 4 saturated carbocycles. The molecule has 1 N–H and O–H groups in total. The third kappa shape index (κ3) is 6.81. The summed E-state index contributed by atoms with van der Waals surface area (Å²) in [4.78, 5) is 40.0. The van der Waals surface area contributed by atoms with E-state index in [4.69, 9.17) is 4.74 Å². The Balaban J connectivity index is 0.00000580. The number of ether oxygens (including phenoxy) is 1. The molecule has 0 heterocycles. The van der Waals surface area contributed by atoms with E-state index in [1.807, 2.05) is 27.9 Å². The van der Waals surface area contributed by atoms with Crippen LogP contribution in [0.1, 0.15) is 133 Å². The summed E-state index contributed by atoms with van der Waals surface area (Å²) < 4.78 is 6.28. The zero-order chi connectivity index (χ0) is 39.8. The number of fused-ring (bicyclic) bond motifs is 7. The second kappa shape index (κ2) is 14.9. The number of Topliss-reactive ketones (excluding diaryl/α,β-unsaturated/α-hetero) is 1. The van der Waals surface area contributed by atoms with Gasteiger partial charge in [0.15, 0.2) is 5.78 Å². The predicted octanol–water partition coefficient (Wildman–Crippen LogP) is 11.0. The quantitative estimate of drug-likeness (QED) is 0.0836. The minimum absolute atomic E-state index is 0. The van der Waals surface area contributed by atoms with E-state index in [-0.39, 0.29) is 59.6 Å². The van der Waals surface area contributed by atoms with Crippen LogP contribution in [0.5, 0.6) is 0 Å². The molecule has 0 saturated heterocycles. The van der Waals surface area contributed by atoms with Crippen molar-refractivity contribution < 1.29 is 24.2 Å². The molecule has 5 aliphatic rings. The van der Waals surface area contributed by atoms with E-state index in [1.54, 1.807) is 6.08 Å². The third-order valence-electron chi connectivity index (χ3n) is 16.1. The molecular formula is C48H72N2O5.